The summed E-state index contributed by atoms with van der Waals surface area (Å²) in [5.41, 5.74) is 0.838. The Morgan fingerprint density at radius 3 is 2.63 bits per heavy atom. The van der Waals surface area contributed by atoms with E-state index in [0.717, 1.165) is 11.5 Å². The first-order valence-electron chi connectivity index (χ1n) is 5.83. The Balaban J connectivity index is 2.17. The molecule has 0 spiro atoms. The van der Waals surface area contributed by atoms with Crippen LogP contribution in [0.2, 0.25) is 5.02 Å². The van der Waals surface area contributed by atoms with Crippen LogP contribution in [0.5, 0.6) is 0 Å². The molecule has 0 fully saturated rings. The largest absolute Gasteiger partial charge is 0.478 e. The number of aromatic carboxylic acids is 1. The number of aryl methyl sites for hydroxylation is 1. The Bertz CT molecular complexity index is 606. The van der Waals surface area contributed by atoms with Crippen molar-refractivity contribution in [2.45, 2.75) is 19.9 Å². The minimum absolute atomic E-state index is 0.0538. The molecule has 1 unspecified atom stereocenters. The monoisotopic (exact) mass is 279 g/mol. The highest BCUT2D eigenvalue weighted by molar-refractivity contribution is 6.33. The third-order valence-corrected chi connectivity index (χ3v) is 3.09. The first kappa shape index (κ1) is 13.5. The second-order valence-corrected chi connectivity index (χ2v) is 4.72. The summed E-state index contributed by atoms with van der Waals surface area (Å²) in [5, 5.41) is 12.4. The lowest BCUT2D eigenvalue weighted by atomic mass is 10.2. The zero-order valence-corrected chi connectivity index (χ0v) is 11.4. The van der Waals surface area contributed by atoms with Crippen LogP contribution < -0.4 is 5.32 Å². The topological polar surface area (TPSA) is 62.5 Å². The lowest BCUT2D eigenvalue weighted by Gasteiger charge is -2.14. The molecule has 2 rings (SSSR count). The van der Waals surface area contributed by atoms with E-state index in [4.69, 9.17) is 21.1 Å². The zero-order valence-electron chi connectivity index (χ0n) is 10.6. The van der Waals surface area contributed by atoms with Crippen LogP contribution in [0.15, 0.2) is 34.7 Å². The number of nitrogens with one attached hydrogen (secondary N) is 1. The number of hydrogen-bond donors (Lipinski definition) is 2. The lowest BCUT2D eigenvalue weighted by molar-refractivity contribution is 0.0697. The number of anilines is 1. The van der Waals surface area contributed by atoms with Gasteiger partial charge in [-0.25, -0.2) is 4.79 Å². The molecule has 0 aliphatic heterocycles. The summed E-state index contributed by atoms with van der Waals surface area (Å²) >= 11 is 6.05. The number of hydrogen-bond acceptors (Lipinski definition) is 3. The number of carboxylic acids is 1. The summed E-state index contributed by atoms with van der Waals surface area (Å²) < 4.78 is 5.52. The quantitative estimate of drug-likeness (QED) is 0.884. The van der Waals surface area contributed by atoms with Gasteiger partial charge in [-0.15, -0.1) is 0 Å². The van der Waals surface area contributed by atoms with Crippen LogP contribution in [0.4, 0.5) is 5.69 Å². The van der Waals surface area contributed by atoms with Crippen molar-refractivity contribution in [2.75, 3.05) is 5.32 Å². The number of benzene rings is 1. The molecular formula is C14H14ClNO3. The van der Waals surface area contributed by atoms with Crippen molar-refractivity contribution < 1.29 is 14.3 Å². The van der Waals surface area contributed by atoms with Gasteiger partial charge in [0.1, 0.15) is 11.5 Å². The highest BCUT2D eigenvalue weighted by atomic mass is 35.5. The van der Waals surface area contributed by atoms with Crippen molar-refractivity contribution in [2.24, 2.45) is 0 Å². The molecule has 1 atom stereocenters. The minimum Gasteiger partial charge on any atom is -0.478 e. The number of carboxylic acid groups (broad SMARTS) is 1. The fraction of sp³-hybridized carbons (Fsp3) is 0.214. The van der Waals surface area contributed by atoms with Gasteiger partial charge in [-0.2, -0.15) is 0 Å². The van der Waals surface area contributed by atoms with Gasteiger partial charge in [0.25, 0.3) is 0 Å². The third kappa shape index (κ3) is 3.09. The van der Waals surface area contributed by atoms with E-state index >= 15 is 0 Å². The van der Waals surface area contributed by atoms with Gasteiger partial charge in [-0.3, -0.25) is 0 Å². The maximum atomic E-state index is 10.8. The first-order chi connectivity index (χ1) is 8.97. The van der Waals surface area contributed by atoms with Crippen LogP contribution in [0.1, 0.15) is 34.8 Å². The molecule has 1 aromatic heterocycles. The predicted octanol–water partition coefficient (Wildman–Crippen LogP) is 4.11. The number of rotatable bonds is 4. The average molecular weight is 280 g/mol. The summed E-state index contributed by atoms with van der Waals surface area (Å²) in [5.74, 6) is 0.648. The Labute approximate surface area is 116 Å². The summed E-state index contributed by atoms with van der Waals surface area (Å²) in [6.07, 6.45) is 0. The van der Waals surface area contributed by atoms with Gasteiger partial charge < -0.3 is 14.8 Å². The van der Waals surface area contributed by atoms with Crippen LogP contribution in [0, 0.1) is 6.92 Å². The van der Waals surface area contributed by atoms with Gasteiger partial charge >= 0.3 is 5.97 Å². The van der Waals surface area contributed by atoms with E-state index in [1.165, 1.54) is 12.1 Å². The van der Waals surface area contributed by atoms with Gasteiger partial charge in [0.2, 0.25) is 0 Å². The maximum absolute atomic E-state index is 10.8. The Morgan fingerprint density at radius 1 is 1.37 bits per heavy atom. The molecule has 19 heavy (non-hydrogen) atoms. The lowest BCUT2D eigenvalue weighted by Crippen LogP contribution is -2.06. The number of carbonyl (C=O) groups is 1. The van der Waals surface area contributed by atoms with Crippen molar-refractivity contribution in [3.05, 3.63) is 52.4 Å². The number of furan rings is 1. The average Bonchev–Trinajstić information content (AvgIpc) is 2.78. The molecule has 0 bridgehead atoms. The smallest absolute Gasteiger partial charge is 0.335 e. The summed E-state index contributed by atoms with van der Waals surface area (Å²) in [6.45, 7) is 3.82. The Morgan fingerprint density at radius 2 is 2.11 bits per heavy atom. The van der Waals surface area contributed by atoms with E-state index in [2.05, 4.69) is 5.32 Å². The molecule has 0 aliphatic carbocycles. The number of halogens is 1. The predicted molar refractivity (Wildman–Crippen MR) is 73.9 cm³/mol. The van der Waals surface area contributed by atoms with E-state index in [1.807, 2.05) is 26.0 Å². The van der Waals surface area contributed by atoms with Crippen molar-refractivity contribution in [1.82, 2.24) is 0 Å². The maximum Gasteiger partial charge on any atom is 0.335 e. The zero-order chi connectivity index (χ0) is 14.0. The first-order valence-corrected chi connectivity index (χ1v) is 6.21. The second kappa shape index (κ2) is 5.36. The molecule has 0 amide bonds. The van der Waals surface area contributed by atoms with E-state index in [9.17, 15) is 4.79 Å². The molecule has 2 N–H and O–H groups in total. The van der Waals surface area contributed by atoms with Gasteiger partial charge in [0, 0.05) is 0 Å². The molecule has 0 saturated heterocycles. The highest BCUT2D eigenvalue weighted by Gasteiger charge is 2.12. The van der Waals surface area contributed by atoms with Gasteiger partial charge in [-0.05, 0) is 44.2 Å². The molecule has 2 aromatic rings. The molecule has 0 aliphatic rings. The molecule has 0 saturated carbocycles. The van der Waals surface area contributed by atoms with Crippen LogP contribution >= 0.6 is 11.6 Å². The Hall–Kier alpha value is -1.94. The summed E-state index contributed by atoms with van der Waals surface area (Å²) in [4.78, 5) is 10.8. The van der Waals surface area contributed by atoms with Crippen molar-refractivity contribution in [1.29, 1.82) is 0 Å². The fourth-order valence-electron chi connectivity index (χ4n) is 1.76. The van der Waals surface area contributed by atoms with Crippen LogP contribution in [0.25, 0.3) is 0 Å². The van der Waals surface area contributed by atoms with Crippen molar-refractivity contribution in [3.63, 3.8) is 0 Å². The van der Waals surface area contributed by atoms with Crippen LogP contribution in [0.3, 0.4) is 0 Å². The standard InChI is InChI=1S/C14H14ClNO3/c1-8-3-6-13(19-8)9(2)16-12-5-4-10(14(17)18)7-11(12)15/h3-7,9,16H,1-2H3,(H,17,18). The Kier molecular flexibility index (Phi) is 3.81. The molecule has 100 valence electrons. The van der Waals surface area contributed by atoms with E-state index < -0.39 is 5.97 Å². The molecule has 4 nitrogen and oxygen atoms in total. The van der Waals surface area contributed by atoms with Gasteiger partial charge in [-0.1, -0.05) is 11.6 Å². The van der Waals surface area contributed by atoms with Crippen LogP contribution in [-0.4, -0.2) is 11.1 Å². The summed E-state index contributed by atoms with van der Waals surface area (Å²) in [6, 6.07) is 8.32. The van der Waals surface area contributed by atoms with E-state index in [0.29, 0.717) is 10.7 Å². The SMILES string of the molecule is Cc1ccc(C(C)Nc2ccc(C(=O)O)cc2Cl)o1. The van der Waals surface area contributed by atoms with Crippen LogP contribution in [-0.2, 0) is 0 Å². The molecular weight excluding hydrogens is 266 g/mol. The highest BCUT2D eigenvalue weighted by Crippen LogP contribution is 2.27. The third-order valence-electron chi connectivity index (χ3n) is 2.78. The molecule has 1 heterocycles. The molecule has 0 radical (unpaired) electrons. The molecule has 1 aromatic carbocycles. The van der Waals surface area contributed by atoms with Gasteiger partial charge in [0.05, 0.1) is 22.3 Å². The normalized spacial score (nSPS) is 12.2. The molecule has 5 heteroatoms. The van der Waals surface area contributed by atoms with E-state index in [-0.39, 0.29) is 11.6 Å². The summed E-state index contributed by atoms with van der Waals surface area (Å²) in [7, 11) is 0. The fourth-order valence-corrected chi connectivity index (χ4v) is 1.99. The minimum atomic E-state index is -0.997. The van der Waals surface area contributed by atoms with Crippen molar-refractivity contribution in [3.8, 4) is 0 Å². The van der Waals surface area contributed by atoms with Gasteiger partial charge in [0.15, 0.2) is 0 Å². The van der Waals surface area contributed by atoms with Crippen molar-refractivity contribution >= 4 is 23.3 Å². The van der Waals surface area contributed by atoms with E-state index in [1.54, 1.807) is 6.07 Å². The second-order valence-electron chi connectivity index (χ2n) is 4.31.